The molecule has 2 aromatic rings. The molecule has 4 nitrogen and oxygen atoms in total. The predicted octanol–water partition coefficient (Wildman–Crippen LogP) is 1.98. The maximum Gasteiger partial charge on any atom is 0.134 e. The molecule has 1 aliphatic heterocycles. The van der Waals surface area contributed by atoms with E-state index in [9.17, 15) is 4.39 Å². The molecule has 0 saturated carbocycles. The summed E-state index contributed by atoms with van der Waals surface area (Å²) in [6, 6.07) is 6.19. The highest BCUT2D eigenvalue weighted by atomic mass is 19.1. The Bertz CT molecular complexity index is 599. The normalized spacial score (nSPS) is 15.1. The van der Waals surface area contributed by atoms with Gasteiger partial charge in [0.05, 0.1) is 12.8 Å². The first-order chi connectivity index (χ1) is 9.28. The highest BCUT2D eigenvalue weighted by Crippen LogP contribution is 2.30. The molecule has 1 saturated heterocycles. The van der Waals surface area contributed by atoms with E-state index in [1.165, 1.54) is 12.1 Å². The molecule has 0 radical (unpaired) electrons. The van der Waals surface area contributed by atoms with Gasteiger partial charge in [-0.15, -0.1) is 0 Å². The van der Waals surface area contributed by atoms with Gasteiger partial charge in [0.2, 0.25) is 0 Å². The molecule has 1 fully saturated rings. The second-order valence-corrected chi connectivity index (χ2v) is 4.50. The number of hydrogen-bond donors (Lipinski definition) is 1. The lowest BCUT2D eigenvalue weighted by Crippen LogP contribution is -2.40. The molecular formula is C14H14FN3O. The number of nitrogens with zero attached hydrogens (tertiary/aromatic N) is 2. The third-order valence-electron chi connectivity index (χ3n) is 3.26. The first-order valence-electron chi connectivity index (χ1n) is 6.15. The monoisotopic (exact) mass is 259 g/mol. The van der Waals surface area contributed by atoms with Crippen LogP contribution in [0.25, 0.3) is 11.3 Å². The van der Waals surface area contributed by atoms with Crippen LogP contribution in [-0.2, 0) is 0 Å². The van der Waals surface area contributed by atoms with Crippen LogP contribution < -0.4 is 10.1 Å². The molecule has 1 aromatic carbocycles. The Morgan fingerprint density at radius 3 is 2.84 bits per heavy atom. The van der Waals surface area contributed by atoms with Gasteiger partial charge in [-0.25, -0.2) is 14.4 Å². The maximum absolute atomic E-state index is 13.4. The van der Waals surface area contributed by atoms with Gasteiger partial charge in [-0.3, -0.25) is 0 Å². The van der Waals surface area contributed by atoms with Crippen molar-refractivity contribution in [2.24, 2.45) is 0 Å². The number of aromatic nitrogens is 2. The minimum atomic E-state index is -0.304. The third-order valence-corrected chi connectivity index (χ3v) is 3.26. The van der Waals surface area contributed by atoms with Crippen LogP contribution in [0.2, 0.25) is 0 Å². The summed E-state index contributed by atoms with van der Waals surface area (Å²) >= 11 is 0. The zero-order valence-corrected chi connectivity index (χ0v) is 10.6. The summed E-state index contributed by atoms with van der Waals surface area (Å²) in [4.78, 5) is 8.80. The molecule has 0 aliphatic carbocycles. The Morgan fingerprint density at radius 2 is 2.16 bits per heavy atom. The second-order valence-electron chi connectivity index (χ2n) is 4.50. The molecule has 1 aliphatic rings. The molecule has 0 bridgehead atoms. The van der Waals surface area contributed by atoms with Crippen LogP contribution >= 0.6 is 0 Å². The van der Waals surface area contributed by atoms with Gasteiger partial charge in [0.1, 0.15) is 17.4 Å². The lowest BCUT2D eigenvalue weighted by molar-refractivity contribution is 0.414. The van der Waals surface area contributed by atoms with Crippen LogP contribution in [0.3, 0.4) is 0 Å². The molecule has 3 rings (SSSR count). The summed E-state index contributed by atoms with van der Waals surface area (Å²) < 4.78 is 18.7. The Kier molecular flexibility index (Phi) is 3.13. The molecule has 5 heteroatoms. The minimum Gasteiger partial charge on any atom is -0.496 e. The van der Waals surface area contributed by atoms with Crippen LogP contribution in [0.15, 0.2) is 30.5 Å². The summed E-state index contributed by atoms with van der Waals surface area (Å²) in [7, 11) is 1.56. The van der Waals surface area contributed by atoms with Crippen LogP contribution in [0.1, 0.15) is 11.7 Å². The van der Waals surface area contributed by atoms with E-state index in [1.807, 2.05) is 0 Å². The zero-order valence-electron chi connectivity index (χ0n) is 10.6. The van der Waals surface area contributed by atoms with Crippen molar-refractivity contribution >= 4 is 0 Å². The average molecular weight is 259 g/mol. The van der Waals surface area contributed by atoms with E-state index < -0.39 is 0 Å². The lowest BCUT2D eigenvalue weighted by Gasteiger charge is -2.25. The topological polar surface area (TPSA) is 47.0 Å². The second kappa shape index (κ2) is 4.93. The molecule has 0 atom stereocenters. The molecule has 2 heterocycles. The molecule has 0 spiro atoms. The van der Waals surface area contributed by atoms with Gasteiger partial charge in [-0.05, 0) is 24.3 Å². The van der Waals surface area contributed by atoms with E-state index in [0.29, 0.717) is 22.9 Å². The number of rotatable bonds is 3. The maximum atomic E-state index is 13.4. The molecule has 1 aromatic heterocycles. The average Bonchev–Trinajstić information content (AvgIpc) is 2.37. The van der Waals surface area contributed by atoms with Gasteiger partial charge < -0.3 is 10.1 Å². The standard InChI is InChI=1S/C14H14FN3O/c1-19-13-3-2-10(15)6-11(13)12-4-5-17-14(18-12)9-7-16-8-9/h2-6,9,16H,7-8H2,1H3. The summed E-state index contributed by atoms with van der Waals surface area (Å²) in [5.41, 5.74) is 1.34. The van der Waals surface area contributed by atoms with Gasteiger partial charge >= 0.3 is 0 Å². The molecule has 98 valence electrons. The Hall–Kier alpha value is -2.01. The summed E-state index contributed by atoms with van der Waals surface area (Å²) in [5, 5.41) is 3.19. The Morgan fingerprint density at radius 1 is 1.32 bits per heavy atom. The SMILES string of the molecule is COc1ccc(F)cc1-c1ccnc(C2CNC2)n1. The number of methoxy groups -OCH3 is 1. The Balaban J connectivity index is 2.03. The van der Waals surface area contributed by atoms with Crippen molar-refractivity contribution in [2.45, 2.75) is 5.92 Å². The third kappa shape index (κ3) is 2.29. The van der Waals surface area contributed by atoms with Gasteiger partial charge in [-0.1, -0.05) is 0 Å². The number of nitrogens with one attached hydrogen (secondary N) is 1. The fraction of sp³-hybridized carbons (Fsp3) is 0.286. The van der Waals surface area contributed by atoms with Gasteiger partial charge in [0.15, 0.2) is 0 Å². The van der Waals surface area contributed by atoms with Crippen molar-refractivity contribution in [2.75, 3.05) is 20.2 Å². The van der Waals surface area contributed by atoms with E-state index in [2.05, 4.69) is 15.3 Å². The lowest BCUT2D eigenvalue weighted by atomic mass is 10.0. The number of ether oxygens (including phenoxy) is 1. The van der Waals surface area contributed by atoms with E-state index in [4.69, 9.17) is 4.74 Å². The van der Waals surface area contributed by atoms with Gasteiger partial charge in [0.25, 0.3) is 0 Å². The van der Waals surface area contributed by atoms with Crippen molar-refractivity contribution < 1.29 is 9.13 Å². The van der Waals surface area contributed by atoms with Crippen LogP contribution in [0.4, 0.5) is 4.39 Å². The Labute approximate surface area is 110 Å². The minimum absolute atomic E-state index is 0.304. The summed E-state index contributed by atoms with van der Waals surface area (Å²) in [5.74, 6) is 1.45. The quantitative estimate of drug-likeness (QED) is 0.915. The van der Waals surface area contributed by atoms with E-state index in [0.717, 1.165) is 18.9 Å². The van der Waals surface area contributed by atoms with Crippen LogP contribution in [0.5, 0.6) is 5.75 Å². The molecule has 0 unspecified atom stereocenters. The summed E-state index contributed by atoms with van der Waals surface area (Å²) in [6.45, 7) is 1.79. The number of halogens is 1. The predicted molar refractivity (Wildman–Crippen MR) is 69.6 cm³/mol. The highest BCUT2D eigenvalue weighted by Gasteiger charge is 2.22. The van der Waals surface area contributed by atoms with Crippen molar-refractivity contribution in [3.63, 3.8) is 0 Å². The van der Waals surface area contributed by atoms with Crippen LogP contribution in [0, 0.1) is 5.82 Å². The zero-order chi connectivity index (χ0) is 13.2. The fourth-order valence-corrected chi connectivity index (χ4v) is 2.07. The highest BCUT2D eigenvalue weighted by molar-refractivity contribution is 5.67. The van der Waals surface area contributed by atoms with Crippen molar-refractivity contribution in [1.29, 1.82) is 0 Å². The van der Waals surface area contributed by atoms with Gasteiger partial charge in [-0.2, -0.15) is 0 Å². The number of hydrogen-bond acceptors (Lipinski definition) is 4. The first kappa shape index (κ1) is 12.0. The smallest absolute Gasteiger partial charge is 0.134 e. The molecular weight excluding hydrogens is 245 g/mol. The first-order valence-corrected chi connectivity index (χ1v) is 6.15. The fourth-order valence-electron chi connectivity index (χ4n) is 2.07. The number of benzene rings is 1. The van der Waals surface area contributed by atoms with Gasteiger partial charge in [0, 0.05) is 30.8 Å². The van der Waals surface area contributed by atoms with E-state index >= 15 is 0 Å². The molecule has 0 amide bonds. The van der Waals surface area contributed by atoms with E-state index in [1.54, 1.807) is 25.4 Å². The van der Waals surface area contributed by atoms with Crippen molar-refractivity contribution in [1.82, 2.24) is 15.3 Å². The molecule has 19 heavy (non-hydrogen) atoms. The van der Waals surface area contributed by atoms with E-state index in [-0.39, 0.29) is 5.82 Å². The van der Waals surface area contributed by atoms with Crippen LogP contribution in [-0.4, -0.2) is 30.2 Å². The summed E-state index contributed by atoms with van der Waals surface area (Å²) in [6.07, 6.45) is 1.71. The largest absolute Gasteiger partial charge is 0.496 e. The molecule has 1 N–H and O–H groups in total. The van der Waals surface area contributed by atoms with Crippen molar-refractivity contribution in [3.8, 4) is 17.0 Å². The van der Waals surface area contributed by atoms with Crippen molar-refractivity contribution in [3.05, 3.63) is 42.1 Å².